The second kappa shape index (κ2) is 4.63. The number of isocyanates is 1. The molecule has 0 aliphatic heterocycles. The van der Waals surface area contributed by atoms with Gasteiger partial charge in [0.15, 0.2) is 5.76 Å². The monoisotopic (exact) mass is 230 g/mol. The SMILES string of the molecule is COc1ccc(-c2onc(N=C=O)c2C)cc1. The van der Waals surface area contributed by atoms with Crippen LogP contribution in [0.5, 0.6) is 5.75 Å². The number of methoxy groups -OCH3 is 1. The average molecular weight is 230 g/mol. The Morgan fingerprint density at radius 2 is 2.06 bits per heavy atom. The molecule has 17 heavy (non-hydrogen) atoms. The van der Waals surface area contributed by atoms with Gasteiger partial charge < -0.3 is 9.26 Å². The summed E-state index contributed by atoms with van der Waals surface area (Å²) >= 11 is 0. The zero-order valence-corrected chi connectivity index (χ0v) is 9.43. The number of hydrogen-bond donors (Lipinski definition) is 0. The van der Waals surface area contributed by atoms with E-state index in [1.807, 2.05) is 24.3 Å². The molecule has 5 heteroatoms. The Hall–Kier alpha value is -2.39. The highest BCUT2D eigenvalue weighted by Gasteiger charge is 2.13. The van der Waals surface area contributed by atoms with Crippen molar-refractivity contribution in [2.24, 2.45) is 4.99 Å². The summed E-state index contributed by atoms with van der Waals surface area (Å²) in [6.07, 6.45) is 1.44. The Morgan fingerprint density at radius 3 is 2.65 bits per heavy atom. The summed E-state index contributed by atoms with van der Waals surface area (Å²) in [5.74, 6) is 1.60. The minimum absolute atomic E-state index is 0.255. The molecule has 1 heterocycles. The number of rotatable bonds is 3. The van der Waals surface area contributed by atoms with Gasteiger partial charge in [-0.3, -0.25) is 0 Å². The van der Waals surface area contributed by atoms with Crippen molar-refractivity contribution in [1.29, 1.82) is 0 Å². The molecule has 0 aliphatic rings. The molecule has 1 aromatic carbocycles. The first-order chi connectivity index (χ1) is 8.26. The number of aromatic nitrogens is 1. The number of ether oxygens (including phenoxy) is 1. The smallest absolute Gasteiger partial charge is 0.242 e. The van der Waals surface area contributed by atoms with Crippen LogP contribution in [-0.2, 0) is 4.79 Å². The standard InChI is InChI=1S/C12H10N2O3/c1-8-11(17-14-12(8)13-7-15)9-3-5-10(16-2)6-4-9/h3-6H,1-2H3. The second-order valence-electron chi connectivity index (χ2n) is 3.39. The zero-order chi connectivity index (χ0) is 12.3. The van der Waals surface area contributed by atoms with E-state index in [9.17, 15) is 4.79 Å². The fraction of sp³-hybridized carbons (Fsp3) is 0.167. The summed E-state index contributed by atoms with van der Waals surface area (Å²) in [6.45, 7) is 1.78. The molecule has 0 N–H and O–H groups in total. The van der Waals surface area contributed by atoms with Gasteiger partial charge in [0.25, 0.3) is 0 Å². The van der Waals surface area contributed by atoms with E-state index in [4.69, 9.17) is 9.26 Å². The van der Waals surface area contributed by atoms with Gasteiger partial charge in [0.2, 0.25) is 11.9 Å². The minimum atomic E-state index is 0.255. The lowest BCUT2D eigenvalue weighted by Crippen LogP contribution is -1.82. The number of nitrogens with zero attached hydrogens (tertiary/aromatic N) is 2. The van der Waals surface area contributed by atoms with Gasteiger partial charge in [0.1, 0.15) is 5.75 Å². The topological polar surface area (TPSA) is 64.7 Å². The van der Waals surface area contributed by atoms with E-state index in [-0.39, 0.29) is 5.82 Å². The van der Waals surface area contributed by atoms with Crippen molar-refractivity contribution < 1.29 is 14.1 Å². The summed E-state index contributed by atoms with van der Waals surface area (Å²) in [7, 11) is 1.60. The first-order valence-corrected chi connectivity index (χ1v) is 4.95. The lowest BCUT2D eigenvalue weighted by atomic mass is 10.1. The van der Waals surface area contributed by atoms with Crippen molar-refractivity contribution in [1.82, 2.24) is 5.16 Å². The molecular formula is C12H10N2O3. The van der Waals surface area contributed by atoms with Crippen LogP contribution in [0.15, 0.2) is 33.8 Å². The average Bonchev–Trinajstić information content (AvgIpc) is 2.72. The molecule has 0 saturated carbocycles. The lowest BCUT2D eigenvalue weighted by molar-refractivity contribution is 0.414. The van der Waals surface area contributed by atoms with E-state index >= 15 is 0 Å². The molecule has 1 aromatic heterocycles. The summed E-state index contributed by atoms with van der Waals surface area (Å²) in [5, 5.41) is 3.69. The number of carbonyl (C=O) groups excluding carboxylic acids is 1. The number of benzene rings is 1. The fourth-order valence-electron chi connectivity index (χ4n) is 1.49. The van der Waals surface area contributed by atoms with Crippen LogP contribution in [0, 0.1) is 6.92 Å². The van der Waals surface area contributed by atoms with Crippen LogP contribution in [0.1, 0.15) is 5.56 Å². The lowest BCUT2D eigenvalue weighted by Gasteiger charge is -2.00. The van der Waals surface area contributed by atoms with Crippen LogP contribution in [0.3, 0.4) is 0 Å². The van der Waals surface area contributed by atoms with Gasteiger partial charge in [-0.15, -0.1) is 4.99 Å². The quantitative estimate of drug-likeness (QED) is 0.600. The Bertz CT molecular complexity index is 566. The van der Waals surface area contributed by atoms with Gasteiger partial charge >= 0.3 is 0 Å². The van der Waals surface area contributed by atoms with Crippen LogP contribution in [0.4, 0.5) is 5.82 Å². The Labute approximate surface area is 97.7 Å². The second-order valence-corrected chi connectivity index (χ2v) is 3.39. The Kier molecular flexibility index (Phi) is 3.03. The van der Waals surface area contributed by atoms with Gasteiger partial charge in [0.05, 0.1) is 7.11 Å². The molecule has 5 nitrogen and oxygen atoms in total. The third-order valence-corrected chi connectivity index (χ3v) is 2.40. The minimum Gasteiger partial charge on any atom is -0.497 e. The summed E-state index contributed by atoms with van der Waals surface area (Å²) < 4.78 is 10.2. The van der Waals surface area contributed by atoms with Crippen LogP contribution in [0.2, 0.25) is 0 Å². The van der Waals surface area contributed by atoms with Crippen molar-refractivity contribution in [3.05, 3.63) is 29.8 Å². The van der Waals surface area contributed by atoms with Crippen LogP contribution in [0.25, 0.3) is 11.3 Å². The highest BCUT2D eigenvalue weighted by atomic mass is 16.5. The number of hydrogen-bond acceptors (Lipinski definition) is 5. The molecule has 86 valence electrons. The molecule has 0 atom stereocenters. The van der Waals surface area contributed by atoms with Crippen molar-refractivity contribution >= 4 is 11.9 Å². The molecule has 0 spiro atoms. The van der Waals surface area contributed by atoms with Crippen molar-refractivity contribution in [2.45, 2.75) is 6.92 Å². The molecule has 2 rings (SSSR count). The van der Waals surface area contributed by atoms with Crippen LogP contribution < -0.4 is 4.74 Å². The van der Waals surface area contributed by atoms with E-state index in [0.717, 1.165) is 11.3 Å². The van der Waals surface area contributed by atoms with E-state index in [1.165, 1.54) is 6.08 Å². The van der Waals surface area contributed by atoms with Crippen molar-refractivity contribution in [3.63, 3.8) is 0 Å². The normalized spacial score (nSPS) is 9.76. The van der Waals surface area contributed by atoms with Gasteiger partial charge in [-0.25, -0.2) is 4.79 Å². The van der Waals surface area contributed by atoms with Crippen molar-refractivity contribution in [3.8, 4) is 17.1 Å². The third-order valence-electron chi connectivity index (χ3n) is 2.40. The largest absolute Gasteiger partial charge is 0.497 e. The highest BCUT2D eigenvalue weighted by molar-refractivity contribution is 5.66. The van der Waals surface area contributed by atoms with E-state index in [2.05, 4.69) is 10.1 Å². The first kappa shape index (κ1) is 11.1. The zero-order valence-electron chi connectivity index (χ0n) is 9.43. The molecule has 0 aliphatic carbocycles. The van der Waals surface area contributed by atoms with Gasteiger partial charge in [-0.05, 0) is 31.2 Å². The third kappa shape index (κ3) is 2.09. The highest BCUT2D eigenvalue weighted by Crippen LogP contribution is 2.30. The van der Waals surface area contributed by atoms with Gasteiger partial charge in [0, 0.05) is 11.1 Å². The molecular weight excluding hydrogens is 220 g/mol. The van der Waals surface area contributed by atoms with Gasteiger partial charge in [-0.2, -0.15) is 0 Å². The maximum atomic E-state index is 10.2. The Morgan fingerprint density at radius 1 is 1.35 bits per heavy atom. The molecule has 0 fully saturated rings. The maximum absolute atomic E-state index is 10.2. The maximum Gasteiger partial charge on any atom is 0.242 e. The fourth-order valence-corrected chi connectivity index (χ4v) is 1.49. The van der Waals surface area contributed by atoms with Crippen molar-refractivity contribution in [2.75, 3.05) is 7.11 Å². The molecule has 0 saturated heterocycles. The van der Waals surface area contributed by atoms with Gasteiger partial charge in [-0.1, -0.05) is 5.16 Å². The molecule has 0 bridgehead atoms. The Balaban J connectivity index is 2.42. The number of aliphatic imine (C=N–C) groups is 1. The molecule has 2 aromatic rings. The molecule has 0 unspecified atom stereocenters. The van der Waals surface area contributed by atoms with Crippen LogP contribution in [-0.4, -0.2) is 18.3 Å². The first-order valence-electron chi connectivity index (χ1n) is 4.95. The molecule has 0 radical (unpaired) electrons. The predicted molar refractivity (Wildman–Crippen MR) is 61.0 cm³/mol. The summed E-state index contributed by atoms with van der Waals surface area (Å²) in [5.41, 5.74) is 1.56. The van der Waals surface area contributed by atoms with E-state index in [1.54, 1.807) is 14.0 Å². The van der Waals surface area contributed by atoms with Crippen LogP contribution >= 0.6 is 0 Å². The van der Waals surface area contributed by atoms with E-state index in [0.29, 0.717) is 11.3 Å². The molecule has 0 amide bonds. The summed E-state index contributed by atoms with van der Waals surface area (Å²) in [6, 6.07) is 7.33. The van der Waals surface area contributed by atoms with E-state index < -0.39 is 0 Å². The predicted octanol–water partition coefficient (Wildman–Crippen LogP) is 2.63. The summed E-state index contributed by atoms with van der Waals surface area (Å²) in [4.78, 5) is 13.6.